The molecule has 1 aliphatic rings. The predicted molar refractivity (Wildman–Crippen MR) is 71.7 cm³/mol. The van der Waals surface area contributed by atoms with Crippen molar-refractivity contribution in [3.8, 4) is 0 Å². The molecule has 2 rings (SSSR count). The van der Waals surface area contributed by atoms with E-state index in [1.165, 1.54) is 10.5 Å². The Kier molecular flexibility index (Phi) is 3.88. The van der Waals surface area contributed by atoms with Crippen molar-refractivity contribution in [2.45, 2.75) is 32.2 Å². The molecule has 112 valence electrons. The lowest BCUT2D eigenvalue weighted by Gasteiger charge is -2.19. The highest BCUT2D eigenvalue weighted by atomic mass is 32.2. The molecule has 1 saturated heterocycles. The summed E-state index contributed by atoms with van der Waals surface area (Å²) in [5, 5.41) is 5.89. The molecule has 0 saturated carbocycles. The van der Waals surface area contributed by atoms with E-state index in [1.54, 1.807) is 6.92 Å². The second-order valence-corrected chi connectivity index (χ2v) is 7.46. The molecule has 1 aliphatic heterocycles. The van der Waals surface area contributed by atoms with Crippen molar-refractivity contribution in [1.29, 1.82) is 0 Å². The first-order valence-corrected chi connectivity index (χ1v) is 7.92. The molecule has 8 heteroatoms. The number of nitrogens with zero attached hydrogens (tertiary/aromatic N) is 2. The van der Waals surface area contributed by atoms with E-state index in [-0.39, 0.29) is 22.6 Å². The van der Waals surface area contributed by atoms with Gasteiger partial charge in [-0.15, -0.1) is 0 Å². The molecule has 2 heterocycles. The molecule has 0 atom stereocenters. The van der Waals surface area contributed by atoms with Gasteiger partial charge in [-0.25, -0.2) is 13.2 Å². The number of carbonyl (C=O) groups excluding carboxylic acids is 1. The van der Waals surface area contributed by atoms with E-state index >= 15 is 0 Å². The number of hydrogen-bond donors (Lipinski definition) is 1. The molecule has 1 N–H and O–H groups in total. The van der Waals surface area contributed by atoms with Gasteiger partial charge in [0.25, 0.3) is 10.0 Å². The average Bonchev–Trinajstić information content (AvgIpc) is 2.95. The minimum absolute atomic E-state index is 0.0449. The standard InChI is InChI=1S/C12H19N3O4S/c1-4-19-11(16)9-7-13-14-10(9)20(17,18)15-6-5-12(2,3)8-15/h7H,4-6,8H2,1-3H3,(H,13,14). The Balaban J connectivity index is 2.32. The van der Waals surface area contributed by atoms with Crippen LogP contribution in [0.25, 0.3) is 0 Å². The van der Waals surface area contributed by atoms with Gasteiger partial charge in [0.1, 0.15) is 5.56 Å². The zero-order chi connectivity index (χ0) is 15.0. The summed E-state index contributed by atoms with van der Waals surface area (Å²) in [5.74, 6) is -0.682. The first-order valence-electron chi connectivity index (χ1n) is 6.48. The van der Waals surface area contributed by atoms with Crippen molar-refractivity contribution in [3.63, 3.8) is 0 Å². The Morgan fingerprint density at radius 2 is 2.25 bits per heavy atom. The summed E-state index contributed by atoms with van der Waals surface area (Å²) in [6.07, 6.45) is 1.97. The largest absolute Gasteiger partial charge is 0.462 e. The Labute approximate surface area is 118 Å². The summed E-state index contributed by atoms with van der Waals surface area (Å²) in [6, 6.07) is 0. The summed E-state index contributed by atoms with van der Waals surface area (Å²) < 4.78 is 31.3. The SMILES string of the molecule is CCOC(=O)c1cn[nH]c1S(=O)(=O)N1CCC(C)(C)C1. The summed E-state index contributed by atoms with van der Waals surface area (Å²) in [5.41, 5.74) is -0.103. The highest BCUT2D eigenvalue weighted by molar-refractivity contribution is 7.89. The van der Waals surface area contributed by atoms with Crippen LogP contribution in [0.15, 0.2) is 11.2 Å². The van der Waals surface area contributed by atoms with E-state index in [2.05, 4.69) is 10.2 Å². The van der Waals surface area contributed by atoms with E-state index < -0.39 is 16.0 Å². The fraction of sp³-hybridized carbons (Fsp3) is 0.667. The van der Waals surface area contributed by atoms with Crippen LogP contribution in [-0.4, -0.2) is 48.6 Å². The van der Waals surface area contributed by atoms with E-state index in [0.29, 0.717) is 13.1 Å². The quantitative estimate of drug-likeness (QED) is 0.838. The van der Waals surface area contributed by atoms with E-state index in [0.717, 1.165) is 6.42 Å². The van der Waals surface area contributed by atoms with Crippen molar-refractivity contribution in [2.75, 3.05) is 19.7 Å². The van der Waals surface area contributed by atoms with Crippen LogP contribution in [-0.2, 0) is 14.8 Å². The third-order valence-corrected chi connectivity index (χ3v) is 5.16. The van der Waals surface area contributed by atoms with Crippen LogP contribution in [0.5, 0.6) is 0 Å². The summed E-state index contributed by atoms with van der Waals surface area (Å²) in [6.45, 7) is 6.74. The molecular weight excluding hydrogens is 282 g/mol. The van der Waals surface area contributed by atoms with Crippen molar-refractivity contribution < 1.29 is 17.9 Å². The van der Waals surface area contributed by atoms with Gasteiger partial charge >= 0.3 is 5.97 Å². The van der Waals surface area contributed by atoms with Gasteiger partial charge in [-0.3, -0.25) is 5.10 Å². The molecule has 0 aliphatic carbocycles. The van der Waals surface area contributed by atoms with Crippen LogP contribution >= 0.6 is 0 Å². The molecule has 0 spiro atoms. The molecule has 1 fully saturated rings. The fourth-order valence-corrected chi connectivity index (χ4v) is 3.91. The van der Waals surface area contributed by atoms with Crippen LogP contribution in [0, 0.1) is 5.41 Å². The molecule has 0 radical (unpaired) electrons. The van der Waals surface area contributed by atoms with E-state index in [4.69, 9.17) is 4.74 Å². The van der Waals surface area contributed by atoms with Crippen LogP contribution in [0.2, 0.25) is 0 Å². The Morgan fingerprint density at radius 1 is 1.55 bits per heavy atom. The zero-order valence-corrected chi connectivity index (χ0v) is 12.7. The lowest BCUT2D eigenvalue weighted by molar-refractivity contribution is 0.0521. The lowest BCUT2D eigenvalue weighted by atomic mass is 9.93. The van der Waals surface area contributed by atoms with Crippen LogP contribution in [0.3, 0.4) is 0 Å². The number of aromatic amines is 1. The van der Waals surface area contributed by atoms with Crippen molar-refractivity contribution in [1.82, 2.24) is 14.5 Å². The second kappa shape index (κ2) is 5.17. The molecule has 1 aromatic heterocycles. The molecule has 7 nitrogen and oxygen atoms in total. The number of nitrogens with one attached hydrogen (secondary N) is 1. The van der Waals surface area contributed by atoms with E-state index in [9.17, 15) is 13.2 Å². The van der Waals surface area contributed by atoms with Crippen molar-refractivity contribution >= 4 is 16.0 Å². The first-order chi connectivity index (χ1) is 9.28. The number of rotatable bonds is 4. The molecule has 1 aromatic rings. The van der Waals surface area contributed by atoms with Gasteiger partial charge < -0.3 is 4.74 Å². The molecular formula is C12H19N3O4S. The van der Waals surface area contributed by atoms with Crippen molar-refractivity contribution in [2.24, 2.45) is 5.41 Å². The lowest BCUT2D eigenvalue weighted by Crippen LogP contribution is -2.31. The molecule has 0 amide bonds. The molecule has 0 bridgehead atoms. The number of ether oxygens (including phenoxy) is 1. The van der Waals surface area contributed by atoms with Gasteiger partial charge in [-0.05, 0) is 18.8 Å². The van der Waals surface area contributed by atoms with Gasteiger partial charge in [0.05, 0.1) is 12.8 Å². The predicted octanol–water partition coefficient (Wildman–Crippen LogP) is 1.01. The number of aromatic nitrogens is 2. The minimum Gasteiger partial charge on any atom is -0.462 e. The van der Waals surface area contributed by atoms with Crippen LogP contribution in [0.4, 0.5) is 0 Å². The number of carbonyl (C=O) groups is 1. The summed E-state index contributed by atoms with van der Waals surface area (Å²) >= 11 is 0. The van der Waals surface area contributed by atoms with Gasteiger partial charge in [0.15, 0.2) is 5.03 Å². The monoisotopic (exact) mass is 301 g/mol. The van der Waals surface area contributed by atoms with Gasteiger partial charge in [-0.1, -0.05) is 13.8 Å². The topological polar surface area (TPSA) is 92.4 Å². The average molecular weight is 301 g/mol. The molecule has 0 unspecified atom stereocenters. The maximum Gasteiger partial charge on any atom is 0.342 e. The molecule has 20 heavy (non-hydrogen) atoms. The maximum atomic E-state index is 12.6. The summed E-state index contributed by atoms with van der Waals surface area (Å²) in [7, 11) is -3.75. The van der Waals surface area contributed by atoms with Gasteiger partial charge in [-0.2, -0.15) is 9.40 Å². The second-order valence-electron chi connectivity index (χ2n) is 5.59. The highest BCUT2D eigenvalue weighted by Crippen LogP contribution is 2.33. The van der Waals surface area contributed by atoms with Gasteiger partial charge in [0, 0.05) is 13.1 Å². The highest BCUT2D eigenvalue weighted by Gasteiger charge is 2.39. The smallest absolute Gasteiger partial charge is 0.342 e. The normalized spacial score (nSPS) is 19.1. The van der Waals surface area contributed by atoms with Crippen LogP contribution in [0.1, 0.15) is 37.6 Å². The summed E-state index contributed by atoms with van der Waals surface area (Å²) in [4.78, 5) is 11.8. The third kappa shape index (κ3) is 2.71. The fourth-order valence-electron chi connectivity index (χ4n) is 2.22. The zero-order valence-electron chi connectivity index (χ0n) is 11.8. The third-order valence-electron chi connectivity index (χ3n) is 3.34. The van der Waals surface area contributed by atoms with Gasteiger partial charge in [0.2, 0.25) is 0 Å². The van der Waals surface area contributed by atoms with E-state index in [1.807, 2.05) is 13.8 Å². The number of hydrogen-bond acceptors (Lipinski definition) is 5. The number of esters is 1. The first kappa shape index (κ1) is 15.0. The Bertz CT molecular complexity index is 606. The Morgan fingerprint density at radius 3 is 2.80 bits per heavy atom. The number of H-pyrrole nitrogens is 1. The Hall–Kier alpha value is -1.41. The number of sulfonamides is 1. The van der Waals surface area contributed by atoms with Crippen molar-refractivity contribution in [3.05, 3.63) is 11.8 Å². The minimum atomic E-state index is -3.75. The van der Waals surface area contributed by atoms with Crippen LogP contribution < -0.4 is 0 Å². The molecule has 0 aromatic carbocycles. The maximum absolute atomic E-state index is 12.6.